The van der Waals surface area contributed by atoms with Gasteiger partial charge in [0.2, 0.25) is 0 Å². The number of likely N-dealkylation sites (tertiary alicyclic amines) is 1. The maximum absolute atomic E-state index is 11.8. The molecule has 1 aliphatic heterocycles. The van der Waals surface area contributed by atoms with Gasteiger partial charge < -0.3 is 10.6 Å². The molecule has 5 nitrogen and oxygen atoms in total. The second kappa shape index (κ2) is 3.69. The second-order valence-corrected chi connectivity index (χ2v) is 3.56. The molecule has 1 amide bonds. The van der Waals surface area contributed by atoms with Crippen LogP contribution in [0.2, 0.25) is 0 Å². The van der Waals surface area contributed by atoms with Crippen LogP contribution in [0.25, 0.3) is 0 Å². The highest BCUT2D eigenvalue weighted by molar-refractivity contribution is 5.93. The number of anilines is 1. The Labute approximate surface area is 82.3 Å². The number of hydrogen-bond donors (Lipinski definition) is 2. The van der Waals surface area contributed by atoms with Gasteiger partial charge in [-0.05, 0) is 19.3 Å². The van der Waals surface area contributed by atoms with Gasteiger partial charge in [0.1, 0.15) is 11.5 Å². The molecular formula is C9H14N4O. The number of nitrogens with two attached hydrogens (primary N) is 1. The van der Waals surface area contributed by atoms with Crippen molar-refractivity contribution < 1.29 is 4.79 Å². The molecule has 0 atom stereocenters. The topological polar surface area (TPSA) is 75.0 Å². The molecule has 0 bridgehead atoms. The Bertz CT molecular complexity index is 327. The molecule has 0 aromatic carbocycles. The molecule has 0 saturated carbocycles. The first kappa shape index (κ1) is 9.05. The smallest absolute Gasteiger partial charge is 0.271 e. The number of piperidine rings is 1. The van der Waals surface area contributed by atoms with Crippen molar-refractivity contribution in [1.29, 1.82) is 0 Å². The van der Waals surface area contributed by atoms with Crippen LogP contribution in [0.15, 0.2) is 6.07 Å². The van der Waals surface area contributed by atoms with Gasteiger partial charge in [0.15, 0.2) is 0 Å². The number of aromatic amines is 1. The number of rotatable bonds is 1. The Balaban J connectivity index is 2.07. The SMILES string of the molecule is Nc1cc(C(=O)N2CCCCC2)[nH]n1. The van der Waals surface area contributed by atoms with Gasteiger partial charge in [0.25, 0.3) is 5.91 Å². The Kier molecular flexibility index (Phi) is 2.39. The fraction of sp³-hybridized carbons (Fsp3) is 0.556. The summed E-state index contributed by atoms with van der Waals surface area (Å²) >= 11 is 0. The normalized spacial score (nSPS) is 17.0. The maximum atomic E-state index is 11.8. The van der Waals surface area contributed by atoms with E-state index in [2.05, 4.69) is 10.2 Å². The highest BCUT2D eigenvalue weighted by Crippen LogP contribution is 2.12. The van der Waals surface area contributed by atoms with Crippen LogP contribution >= 0.6 is 0 Å². The van der Waals surface area contributed by atoms with E-state index in [1.165, 1.54) is 6.42 Å². The second-order valence-electron chi connectivity index (χ2n) is 3.56. The van der Waals surface area contributed by atoms with Crippen LogP contribution in [0.4, 0.5) is 5.82 Å². The van der Waals surface area contributed by atoms with Crippen molar-refractivity contribution in [2.45, 2.75) is 19.3 Å². The average molecular weight is 194 g/mol. The van der Waals surface area contributed by atoms with E-state index in [0.29, 0.717) is 11.5 Å². The molecule has 0 aliphatic carbocycles. The lowest BCUT2D eigenvalue weighted by atomic mass is 10.1. The molecular weight excluding hydrogens is 180 g/mol. The van der Waals surface area contributed by atoms with Crippen LogP contribution in [0, 0.1) is 0 Å². The summed E-state index contributed by atoms with van der Waals surface area (Å²) in [6, 6.07) is 1.58. The summed E-state index contributed by atoms with van der Waals surface area (Å²) in [7, 11) is 0. The highest BCUT2D eigenvalue weighted by Gasteiger charge is 2.19. The zero-order valence-electron chi connectivity index (χ0n) is 7.99. The van der Waals surface area contributed by atoms with Crippen molar-refractivity contribution in [2.24, 2.45) is 0 Å². The quantitative estimate of drug-likeness (QED) is 0.688. The van der Waals surface area contributed by atoms with E-state index < -0.39 is 0 Å². The maximum Gasteiger partial charge on any atom is 0.271 e. The number of nitrogens with one attached hydrogen (secondary N) is 1. The van der Waals surface area contributed by atoms with Gasteiger partial charge in [-0.2, -0.15) is 5.10 Å². The third-order valence-electron chi connectivity index (χ3n) is 2.47. The van der Waals surface area contributed by atoms with E-state index in [1.54, 1.807) is 6.07 Å². The minimum atomic E-state index is 0.00824. The van der Waals surface area contributed by atoms with E-state index in [1.807, 2.05) is 4.90 Å². The van der Waals surface area contributed by atoms with E-state index in [-0.39, 0.29) is 5.91 Å². The molecule has 0 unspecified atom stereocenters. The van der Waals surface area contributed by atoms with Gasteiger partial charge >= 0.3 is 0 Å². The van der Waals surface area contributed by atoms with Crippen molar-refractivity contribution >= 4 is 11.7 Å². The van der Waals surface area contributed by atoms with E-state index >= 15 is 0 Å². The van der Waals surface area contributed by atoms with Crippen molar-refractivity contribution in [1.82, 2.24) is 15.1 Å². The standard InChI is InChI=1S/C9H14N4O/c10-8-6-7(11-12-8)9(14)13-4-2-1-3-5-13/h6H,1-5H2,(H3,10,11,12). The van der Waals surface area contributed by atoms with Crippen molar-refractivity contribution in [3.05, 3.63) is 11.8 Å². The Morgan fingerprint density at radius 1 is 1.43 bits per heavy atom. The zero-order valence-corrected chi connectivity index (χ0v) is 7.99. The fourth-order valence-corrected chi connectivity index (χ4v) is 1.71. The summed E-state index contributed by atoms with van der Waals surface area (Å²) in [6.07, 6.45) is 3.40. The first-order chi connectivity index (χ1) is 6.77. The first-order valence-electron chi connectivity index (χ1n) is 4.87. The summed E-state index contributed by atoms with van der Waals surface area (Å²) in [5, 5.41) is 6.37. The predicted molar refractivity (Wildman–Crippen MR) is 52.8 cm³/mol. The minimum Gasteiger partial charge on any atom is -0.382 e. The summed E-state index contributed by atoms with van der Waals surface area (Å²) in [4.78, 5) is 13.7. The molecule has 1 fully saturated rings. The zero-order chi connectivity index (χ0) is 9.97. The van der Waals surface area contributed by atoms with Crippen LogP contribution in [0.5, 0.6) is 0 Å². The van der Waals surface area contributed by atoms with E-state index in [9.17, 15) is 4.79 Å². The lowest BCUT2D eigenvalue weighted by Gasteiger charge is -2.25. The fourth-order valence-electron chi connectivity index (χ4n) is 1.71. The lowest BCUT2D eigenvalue weighted by Crippen LogP contribution is -2.35. The summed E-state index contributed by atoms with van der Waals surface area (Å²) in [5.41, 5.74) is 5.92. The Morgan fingerprint density at radius 2 is 2.14 bits per heavy atom. The highest BCUT2D eigenvalue weighted by atomic mass is 16.2. The van der Waals surface area contributed by atoms with Gasteiger partial charge in [-0.1, -0.05) is 0 Å². The van der Waals surface area contributed by atoms with Crippen LogP contribution in [0.3, 0.4) is 0 Å². The number of hydrogen-bond acceptors (Lipinski definition) is 3. The number of nitrogens with zero attached hydrogens (tertiary/aromatic N) is 2. The number of nitrogen functional groups attached to an aromatic ring is 1. The lowest BCUT2D eigenvalue weighted by molar-refractivity contribution is 0.0718. The molecule has 1 aromatic rings. The van der Waals surface area contributed by atoms with Crippen molar-refractivity contribution in [2.75, 3.05) is 18.8 Å². The van der Waals surface area contributed by atoms with Crippen molar-refractivity contribution in [3.63, 3.8) is 0 Å². The third-order valence-corrected chi connectivity index (χ3v) is 2.47. The first-order valence-corrected chi connectivity index (χ1v) is 4.87. The van der Waals surface area contributed by atoms with Crippen LogP contribution in [-0.2, 0) is 0 Å². The van der Waals surface area contributed by atoms with Gasteiger partial charge in [-0.15, -0.1) is 0 Å². The largest absolute Gasteiger partial charge is 0.382 e. The van der Waals surface area contributed by atoms with Gasteiger partial charge in [-0.3, -0.25) is 9.89 Å². The summed E-state index contributed by atoms with van der Waals surface area (Å²) in [5.74, 6) is 0.374. The molecule has 2 heterocycles. The molecule has 76 valence electrons. The molecule has 3 N–H and O–H groups in total. The summed E-state index contributed by atoms with van der Waals surface area (Å²) < 4.78 is 0. The van der Waals surface area contributed by atoms with E-state index in [4.69, 9.17) is 5.73 Å². The number of carbonyl (C=O) groups excluding carboxylic acids is 1. The molecule has 1 aliphatic rings. The molecule has 1 aromatic heterocycles. The molecule has 0 radical (unpaired) electrons. The van der Waals surface area contributed by atoms with Gasteiger partial charge in [0.05, 0.1) is 0 Å². The van der Waals surface area contributed by atoms with Crippen LogP contribution in [0.1, 0.15) is 29.8 Å². The Morgan fingerprint density at radius 3 is 2.71 bits per heavy atom. The molecule has 14 heavy (non-hydrogen) atoms. The number of amides is 1. The van der Waals surface area contributed by atoms with Crippen molar-refractivity contribution in [3.8, 4) is 0 Å². The van der Waals surface area contributed by atoms with Crippen LogP contribution in [-0.4, -0.2) is 34.1 Å². The summed E-state index contributed by atoms with van der Waals surface area (Å²) in [6.45, 7) is 1.69. The van der Waals surface area contributed by atoms with Crippen LogP contribution < -0.4 is 5.73 Å². The third kappa shape index (κ3) is 1.71. The van der Waals surface area contributed by atoms with Gasteiger partial charge in [-0.25, -0.2) is 0 Å². The molecule has 0 spiro atoms. The average Bonchev–Trinajstić information content (AvgIpc) is 2.65. The predicted octanol–water partition coefficient (Wildman–Crippen LogP) is 0.618. The minimum absolute atomic E-state index is 0.00824. The van der Waals surface area contributed by atoms with Gasteiger partial charge in [0, 0.05) is 19.2 Å². The number of H-pyrrole nitrogens is 1. The molecule has 2 rings (SSSR count). The monoisotopic (exact) mass is 194 g/mol. The number of carbonyl (C=O) groups is 1. The molecule has 5 heteroatoms. The Hall–Kier alpha value is -1.52. The van der Waals surface area contributed by atoms with E-state index in [0.717, 1.165) is 25.9 Å². The number of aromatic nitrogens is 2. The molecule has 1 saturated heterocycles.